The highest BCUT2D eigenvalue weighted by Gasteiger charge is 1.92. The van der Waals surface area contributed by atoms with E-state index in [1.54, 1.807) is 7.11 Å². The van der Waals surface area contributed by atoms with Crippen LogP contribution < -0.4 is 0 Å². The van der Waals surface area contributed by atoms with E-state index in [1.807, 2.05) is 0 Å². The van der Waals surface area contributed by atoms with Crippen LogP contribution >= 0.6 is 31.7 Å². The van der Waals surface area contributed by atoms with Crippen LogP contribution in [0.25, 0.3) is 0 Å². The summed E-state index contributed by atoms with van der Waals surface area (Å²) in [7, 11) is 4.06. The van der Waals surface area contributed by atoms with Crippen molar-refractivity contribution in [1.82, 2.24) is 0 Å². The van der Waals surface area contributed by atoms with Gasteiger partial charge in [-0.1, -0.05) is 0 Å². The Balaban J connectivity index is 2.82. The molecule has 2 nitrogen and oxygen atoms in total. The molecule has 0 aliphatic heterocycles. The third-order valence-electron chi connectivity index (χ3n) is 0.247. The minimum absolute atomic E-state index is 0.0968. The second-order valence-electron chi connectivity index (χ2n) is 0.878. The highest BCUT2D eigenvalue weighted by atomic mass is 33.5. The monoisotopic (exact) mass is 170 g/mol. The lowest BCUT2D eigenvalue weighted by molar-refractivity contribution is -0.109. The molecule has 0 spiro atoms. The van der Waals surface area contributed by atoms with Crippen LogP contribution in [0.15, 0.2) is 0 Å². The van der Waals surface area contributed by atoms with Crippen molar-refractivity contribution in [2.75, 3.05) is 7.11 Å². The molecule has 0 amide bonds. The van der Waals surface area contributed by atoms with Gasteiger partial charge in [0.25, 0.3) is 0 Å². The maximum atomic E-state index is 10.2. The zero-order chi connectivity index (χ0) is 6.41. The summed E-state index contributed by atoms with van der Waals surface area (Å²) in [5.74, 6) is 0. The van der Waals surface area contributed by atoms with Crippen LogP contribution in [0.5, 0.6) is 0 Å². The van der Waals surface area contributed by atoms with Gasteiger partial charge in [0.15, 0.2) is 5.12 Å². The van der Waals surface area contributed by atoms with E-state index in [4.69, 9.17) is 0 Å². The molecule has 0 bridgehead atoms. The lowest BCUT2D eigenvalue weighted by atomic mass is 10.9. The van der Waals surface area contributed by atoms with Crippen LogP contribution in [0.3, 0.4) is 0 Å². The van der Waals surface area contributed by atoms with E-state index in [0.29, 0.717) is 0 Å². The Morgan fingerprint density at radius 1 is 1.62 bits per heavy atom. The van der Waals surface area contributed by atoms with Gasteiger partial charge in [0, 0.05) is 16.7 Å². The largest absolute Gasteiger partial charge is 0.308 e. The molecule has 0 unspecified atom stereocenters. The quantitative estimate of drug-likeness (QED) is 0.367. The summed E-state index contributed by atoms with van der Waals surface area (Å²) in [6.07, 6.45) is 0. The summed E-state index contributed by atoms with van der Waals surface area (Å²) in [4.78, 5) is 10.2. The van der Waals surface area contributed by atoms with Crippen LogP contribution in [0.1, 0.15) is 6.92 Å². The zero-order valence-corrected chi connectivity index (χ0v) is 6.99. The van der Waals surface area contributed by atoms with Crippen molar-refractivity contribution in [3.05, 3.63) is 0 Å². The predicted octanol–water partition coefficient (Wildman–Crippen LogP) is 2.12. The molecule has 8 heavy (non-hydrogen) atoms. The standard InChI is InChI=1S/C3H6O2S3/c1-3(4)6-8-7-5-2/h1-2H3. The minimum atomic E-state index is 0.0968. The van der Waals surface area contributed by atoms with E-state index < -0.39 is 0 Å². The second-order valence-corrected chi connectivity index (χ2v) is 4.77. The smallest absolute Gasteiger partial charge is 0.197 e. The Hall–Kier alpha value is 0.680. The number of carbonyl (C=O) groups excluding carboxylic acids is 1. The molecule has 0 saturated heterocycles. The summed E-state index contributed by atoms with van der Waals surface area (Å²) < 4.78 is 4.60. The molecule has 0 rings (SSSR count). The van der Waals surface area contributed by atoms with Crippen molar-refractivity contribution >= 4 is 36.8 Å². The van der Waals surface area contributed by atoms with Crippen LogP contribution in [-0.2, 0) is 8.98 Å². The second kappa shape index (κ2) is 5.81. The Morgan fingerprint density at radius 3 is 2.62 bits per heavy atom. The predicted molar refractivity (Wildman–Crippen MR) is 40.5 cm³/mol. The van der Waals surface area contributed by atoms with Crippen LogP contribution in [-0.4, -0.2) is 12.2 Å². The third kappa shape index (κ3) is 6.68. The fourth-order valence-electron chi connectivity index (χ4n) is 0.0896. The van der Waals surface area contributed by atoms with Gasteiger partial charge in [-0.2, -0.15) is 0 Å². The van der Waals surface area contributed by atoms with Crippen molar-refractivity contribution in [2.24, 2.45) is 0 Å². The summed E-state index contributed by atoms with van der Waals surface area (Å²) in [5.41, 5.74) is 0. The Kier molecular flexibility index (Phi) is 6.30. The van der Waals surface area contributed by atoms with Gasteiger partial charge in [-0.05, 0) is 10.8 Å². The van der Waals surface area contributed by atoms with Crippen molar-refractivity contribution in [1.29, 1.82) is 0 Å². The number of carbonyl (C=O) groups is 1. The molecule has 48 valence electrons. The van der Waals surface area contributed by atoms with E-state index in [-0.39, 0.29) is 5.12 Å². The molecule has 0 atom stereocenters. The summed E-state index contributed by atoms with van der Waals surface area (Å²) in [5, 5.41) is 0.0968. The highest BCUT2D eigenvalue weighted by Crippen LogP contribution is 2.34. The lowest BCUT2D eigenvalue weighted by Crippen LogP contribution is -1.71. The normalized spacial score (nSPS) is 9.25. The molecule has 0 aromatic heterocycles. The number of rotatable bonds is 3. The van der Waals surface area contributed by atoms with Gasteiger partial charge in [-0.25, -0.2) is 0 Å². The summed E-state index contributed by atoms with van der Waals surface area (Å²) in [6, 6.07) is 0. The molecule has 0 fully saturated rings. The lowest BCUT2D eigenvalue weighted by Gasteiger charge is -1.89. The first kappa shape index (κ1) is 8.68. The molecule has 0 aromatic rings. The van der Waals surface area contributed by atoms with Crippen molar-refractivity contribution in [3.8, 4) is 0 Å². The summed E-state index contributed by atoms with van der Waals surface area (Å²) >= 11 is 1.20. The van der Waals surface area contributed by atoms with Crippen LogP contribution in [0.4, 0.5) is 0 Å². The third-order valence-corrected chi connectivity index (χ3v) is 3.34. The van der Waals surface area contributed by atoms with E-state index in [0.717, 1.165) is 0 Å². The highest BCUT2D eigenvalue weighted by molar-refractivity contribution is 9.11. The maximum absolute atomic E-state index is 10.2. The van der Waals surface area contributed by atoms with E-state index >= 15 is 0 Å². The maximum Gasteiger partial charge on any atom is 0.197 e. The van der Waals surface area contributed by atoms with Crippen molar-refractivity contribution in [2.45, 2.75) is 6.92 Å². The molecule has 0 N–H and O–H groups in total. The average molecular weight is 170 g/mol. The van der Waals surface area contributed by atoms with E-state index in [2.05, 4.69) is 4.18 Å². The first-order valence-electron chi connectivity index (χ1n) is 1.82. The van der Waals surface area contributed by atoms with Crippen molar-refractivity contribution < 1.29 is 8.98 Å². The molecule has 0 aliphatic rings. The van der Waals surface area contributed by atoms with Gasteiger partial charge in [0.2, 0.25) is 0 Å². The SMILES string of the molecule is COSSSC(C)=O. The molecule has 0 radical (unpaired) electrons. The van der Waals surface area contributed by atoms with Gasteiger partial charge in [-0.15, -0.1) is 0 Å². The fourth-order valence-corrected chi connectivity index (χ4v) is 2.42. The van der Waals surface area contributed by atoms with Gasteiger partial charge >= 0.3 is 0 Å². The molecule has 0 aliphatic carbocycles. The topological polar surface area (TPSA) is 26.3 Å². The van der Waals surface area contributed by atoms with Gasteiger partial charge in [0.05, 0.1) is 18.2 Å². The minimum Gasteiger partial charge on any atom is -0.308 e. The Morgan fingerprint density at radius 2 is 2.25 bits per heavy atom. The zero-order valence-electron chi connectivity index (χ0n) is 4.54. The van der Waals surface area contributed by atoms with Crippen LogP contribution in [0.2, 0.25) is 0 Å². The van der Waals surface area contributed by atoms with E-state index in [9.17, 15) is 4.79 Å². The molecular formula is C3H6O2S3. The van der Waals surface area contributed by atoms with Gasteiger partial charge in [0.1, 0.15) is 0 Å². The number of hydrogen-bond acceptors (Lipinski definition) is 5. The molecule has 5 heteroatoms. The summed E-state index contributed by atoms with van der Waals surface area (Å²) in [6.45, 7) is 1.52. The Labute approximate surface area is 60.1 Å². The molecule has 0 heterocycles. The van der Waals surface area contributed by atoms with Crippen LogP contribution in [0, 0.1) is 0 Å². The van der Waals surface area contributed by atoms with E-state index in [1.165, 1.54) is 38.6 Å². The first-order chi connectivity index (χ1) is 3.77. The number of hydrogen-bond donors (Lipinski definition) is 0. The van der Waals surface area contributed by atoms with Crippen molar-refractivity contribution in [3.63, 3.8) is 0 Å². The van der Waals surface area contributed by atoms with Gasteiger partial charge in [-0.3, -0.25) is 4.79 Å². The fraction of sp³-hybridized carbons (Fsp3) is 0.667. The average Bonchev–Trinajstić information content (AvgIpc) is 1.66. The van der Waals surface area contributed by atoms with Gasteiger partial charge < -0.3 is 4.18 Å². The first-order valence-corrected chi connectivity index (χ1v) is 5.22. The molecular weight excluding hydrogens is 164 g/mol. The molecule has 0 saturated carbocycles. The molecule has 0 aromatic carbocycles. The Bertz CT molecular complexity index is 74.9.